The molecule has 94 valence electrons. The summed E-state index contributed by atoms with van der Waals surface area (Å²) in [6.45, 7) is 0.865. The number of benzene rings is 1. The third kappa shape index (κ3) is 3.24. The van der Waals surface area contributed by atoms with Gasteiger partial charge in [-0.05, 0) is 36.5 Å². The summed E-state index contributed by atoms with van der Waals surface area (Å²) < 4.78 is 6.31. The summed E-state index contributed by atoms with van der Waals surface area (Å²) in [5.41, 5.74) is 1.26. The third-order valence-electron chi connectivity index (χ3n) is 3.01. The monoisotopic (exact) mass is 279 g/mol. The molecule has 1 fully saturated rings. The first-order valence-corrected chi connectivity index (χ1v) is 7.31. The predicted octanol–water partition coefficient (Wildman–Crippen LogP) is 4.18. The van der Waals surface area contributed by atoms with E-state index in [2.05, 4.69) is 17.1 Å². The first kappa shape index (κ1) is 12.0. The van der Waals surface area contributed by atoms with E-state index >= 15 is 0 Å². The Bertz CT molecular complexity index is 519. The van der Waals surface area contributed by atoms with Crippen LogP contribution in [0.5, 0.6) is 5.75 Å². The van der Waals surface area contributed by atoms with Gasteiger partial charge in [-0.1, -0.05) is 23.7 Å². The lowest BCUT2D eigenvalue weighted by Gasteiger charge is -2.05. The van der Waals surface area contributed by atoms with Crippen molar-refractivity contribution in [1.82, 2.24) is 4.98 Å². The molecule has 0 amide bonds. The van der Waals surface area contributed by atoms with Crippen LogP contribution in [0.1, 0.15) is 23.3 Å². The van der Waals surface area contributed by atoms with Crippen molar-refractivity contribution in [2.24, 2.45) is 5.92 Å². The van der Waals surface area contributed by atoms with Crippen LogP contribution in [0.3, 0.4) is 0 Å². The standard InChI is InChI=1S/C14H14ClNOS/c15-14-16-8-13(18-14)7-10-3-5-12(6-4-10)17-9-11-1-2-11/h3-6,8,11H,1-2,7,9H2. The Balaban J connectivity index is 1.59. The summed E-state index contributed by atoms with van der Waals surface area (Å²) >= 11 is 7.35. The van der Waals surface area contributed by atoms with Gasteiger partial charge in [-0.15, -0.1) is 11.3 Å². The highest BCUT2D eigenvalue weighted by atomic mass is 35.5. The number of nitrogens with zero attached hydrogens (tertiary/aromatic N) is 1. The predicted molar refractivity (Wildman–Crippen MR) is 74.6 cm³/mol. The molecule has 2 nitrogen and oxygen atoms in total. The summed E-state index contributed by atoms with van der Waals surface area (Å²) in [5, 5.41) is 0. The lowest BCUT2D eigenvalue weighted by Crippen LogP contribution is -1.98. The van der Waals surface area contributed by atoms with Gasteiger partial charge in [-0.3, -0.25) is 0 Å². The molecule has 2 aromatic rings. The van der Waals surface area contributed by atoms with Gasteiger partial charge in [0.25, 0.3) is 0 Å². The van der Waals surface area contributed by atoms with Crippen molar-refractivity contribution in [3.63, 3.8) is 0 Å². The average molecular weight is 280 g/mol. The highest BCUT2D eigenvalue weighted by molar-refractivity contribution is 7.15. The minimum atomic E-state index is 0.606. The van der Waals surface area contributed by atoms with E-state index in [9.17, 15) is 0 Å². The highest BCUT2D eigenvalue weighted by Crippen LogP contribution is 2.29. The third-order valence-corrected chi connectivity index (χ3v) is 4.12. The molecule has 1 aromatic heterocycles. The lowest BCUT2D eigenvalue weighted by molar-refractivity contribution is 0.299. The molecule has 1 heterocycles. The molecule has 0 N–H and O–H groups in total. The number of aromatic nitrogens is 1. The average Bonchev–Trinajstić information content (AvgIpc) is 3.12. The van der Waals surface area contributed by atoms with Crippen LogP contribution in [0.15, 0.2) is 30.5 Å². The zero-order chi connectivity index (χ0) is 12.4. The van der Waals surface area contributed by atoms with Crippen LogP contribution < -0.4 is 4.74 Å². The van der Waals surface area contributed by atoms with Crippen molar-refractivity contribution in [2.75, 3.05) is 6.61 Å². The van der Waals surface area contributed by atoms with Gasteiger partial charge in [0.1, 0.15) is 5.75 Å². The molecule has 0 radical (unpaired) electrons. The molecule has 1 aliphatic rings. The molecular weight excluding hydrogens is 266 g/mol. The molecule has 1 aromatic carbocycles. The topological polar surface area (TPSA) is 22.1 Å². The summed E-state index contributed by atoms with van der Waals surface area (Å²) in [7, 11) is 0. The first-order valence-electron chi connectivity index (χ1n) is 6.11. The van der Waals surface area contributed by atoms with Crippen molar-refractivity contribution < 1.29 is 4.74 Å². The van der Waals surface area contributed by atoms with E-state index in [1.165, 1.54) is 34.6 Å². The quantitative estimate of drug-likeness (QED) is 0.819. The molecule has 0 saturated heterocycles. The molecule has 4 heteroatoms. The molecular formula is C14H14ClNOS. The summed E-state index contributed by atoms with van der Waals surface area (Å²) in [6.07, 6.45) is 5.37. The highest BCUT2D eigenvalue weighted by Gasteiger charge is 2.21. The molecule has 1 aliphatic carbocycles. The fraction of sp³-hybridized carbons (Fsp3) is 0.357. The summed E-state index contributed by atoms with van der Waals surface area (Å²) in [4.78, 5) is 5.23. The number of hydrogen-bond donors (Lipinski definition) is 0. The lowest BCUT2D eigenvalue weighted by atomic mass is 10.1. The maximum absolute atomic E-state index is 5.82. The van der Waals surface area contributed by atoms with Crippen molar-refractivity contribution >= 4 is 22.9 Å². The summed E-state index contributed by atoms with van der Waals surface area (Å²) in [5.74, 6) is 1.76. The molecule has 3 rings (SSSR count). The van der Waals surface area contributed by atoms with Gasteiger partial charge < -0.3 is 4.74 Å². The maximum Gasteiger partial charge on any atom is 0.183 e. The first-order chi connectivity index (χ1) is 8.79. The van der Waals surface area contributed by atoms with Gasteiger partial charge in [0, 0.05) is 17.5 Å². The van der Waals surface area contributed by atoms with E-state index in [-0.39, 0.29) is 0 Å². The van der Waals surface area contributed by atoms with E-state index < -0.39 is 0 Å². The van der Waals surface area contributed by atoms with Gasteiger partial charge in [0.2, 0.25) is 0 Å². The minimum absolute atomic E-state index is 0.606. The smallest absolute Gasteiger partial charge is 0.183 e. The molecule has 0 bridgehead atoms. The molecule has 18 heavy (non-hydrogen) atoms. The Labute approximate surface area is 116 Å². The van der Waals surface area contributed by atoms with Crippen LogP contribution in [0.2, 0.25) is 4.47 Å². The van der Waals surface area contributed by atoms with Crippen molar-refractivity contribution in [3.8, 4) is 5.75 Å². The Morgan fingerprint density at radius 1 is 1.28 bits per heavy atom. The van der Waals surface area contributed by atoms with E-state index in [1.807, 2.05) is 18.3 Å². The molecule has 0 unspecified atom stereocenters. The Kier molecular flexibility index (Phi) is 3.52. The number of rotatable bonds is 5. The maximum atomic E-state index is 5.82. The zero-order valence-electron chi connectivity index (χ0n) is 9.93. The normalized spacial score (nSPS) is 14.7. The van der Waals surface area contributed by atoms with Crippen LogP contribution in [0.25, 0.3) is 0 Å². The van der Waals surface area contributed by atoms with E-state index in [4.69, 9.17) is 16.3 Å². The molecule has 0 aliphatic heterocycles. The van der Waals surface area contributed by atoms with Crippen molar-refractivity contribution in [3.05, 3.63) is 45.4 Å². The fourth-order valence-corrected chi connectivity index (χ4v) is 2.78. The Hall–Kier alpha value is -1.06. The SMILES string of the molecule is Clc1ncc(Cc2ccc(OCC3CC3)cc2)s1. The number of halogens is 1. The fourth-order valence-electron chi connectivity index (χ4n) is 1.77. The van der Waals surface area contributed by atoms with Crippen LogP contribution in [0.4, 0.5) is 0 Å². The molecule has 1 saturated carbocycles. The molecule has 0 atom stereocenters. The van der Waals surface area contributed by atoms with Gasteiger partial charge in [-0.2, -0.15) is 0 Å². The number of hydrogen-bond acceptors (Lipinski definition) is 3. The van der Waals surface area contributed by atoms with Crippen molar-refractivity contribution in [2.45, 2.75) is 19.3 Å². The van der Waals surface area contributed by atoms with Crippen molar-refractivity contribution in [1.29, 1.82) is 0 Å². The summed E-state index contributed by atoms with van der Waals surface area (Å²) in [6, 6.07) is 8.30. The second kappa shape index (κ2) is 5.29. The van der Waals surface area contributed by atoms with E-state index in [1.54, 1.807) is 0 Å². The van der Waals surface area contributed by atoms with Crippen LogP contribution >= 0.6 is 22.9 Å². The second-order valence-corrected chi connectivity index (χ2v) is 6.35. The van der Waals surface area contributed by atoms with Gasteiger partial charge in [0.05, 0.1) is 6.61 Å². The van der Waals surface area contributed by atoms with E-state index in [0.29, 0.717) is 4.47 Å². The minimum Gasteiger partial charge on any atom is -0.493 e. The van der Waals surface area contributed by atoms with Crippen LogP contribution in [0, 0.1) is 5.92 Å². The number of thiazole rings is 1. The van der Waals surface area contributed by atoms with Gasteiger partial charge >= 0.3 is 0 Å². The Morgan fingerprint density at radius 3 is 2.67 bits per heavy atom. The number of ether oxygens (including phenoxy) is 1. The Morgan fingerprint density at radius 2 is 2.06 bits per heavy atom. The largest absolute Gasteiger partial charge is 0.493 e. The van der Waals surface area contributed by atoms with Gasteiger partial charge in [-0.25, -0.2) is 4.98 Å². The van der Waals surface area contributed by atoms with Gasteiger partial charge in [0.15, 0.2) is 4.47 Å². The zero-order valence-corrected chi connectivity index (χ0v) is 11.5. The van der Waals surface area contributed by atoms with Crippen LogP contribution in [-0.2, 0) is 6.42 Å². The second-order valence-electron chi connectivity index (χ2n) is 4.65. The molecule has 0 spiro atoms. The van der Waals surface area contributed by atoms with Crippen LogP contribution in [-0.4, -0.2) is 11.6 Å². The van der Waals surface area contributed by atoms with E-state index in [0.717, 1.165) is 24.7 Å².